The quantitative estimate of drug-likeness (QED) is 0.536. The highest BCUT2D eigenvalue weighted by Gasteiger charge is 2.14. The molecular weight excluding hydrogens is 300 g/mol. The van der Waals surface area contributed by atoms with Crippen LogP contribution in [-0.4, -0.2) is 22.9 Å². The predicted molar refractivity (Wildman–Crippen MR) is 94.9 cm³/mol. The number of rotatable bonds is 4. The Hall–Kier alpha value is -3.14. The van der Waals surface area contributed by atoms with Gasteiger partial charge in [0.15, 0.2) is 0 Å². The summed E-state index contributed by atoms with van der Waals surface area (Å²) in [5.74, 6) is 1.63. The summed E-state index contributed by atoms with van der Waals surface area (Å²) in [6.45, 7) is 0. The van der Waals surface area contributed by atoms with Gasteiger partial charge < -0.3 is 9.53 Å². The smallest absolute Gasteiger partial charge is 0.145 e. The van der Waals surface area contributed by atoms with Crippen molar-refractivity contribution >= 4 is 28.0 Å². The largest absolute Gasteiger partial charge is 0.497 e. The lowest BCUT2D eigenvalue weighted by Crippen LogP contribution is -2.03. The molecule has 0 aliphatic rings. The van der Waals surface area contributed by atoms with Crippen LogP contribution in [0.2, 0.25) is 0 Å². The average Bonchev–Trinajstić information content (AvgIpc) is 2.98. The second-order valence-corrected chi connectivity index (χ2v) is 5.62. The first-order valence-electron chi connectivity index (χ1n) is 7.78. The predicted octanol–water partition coefficient (Wildman–Crippen LogP) is 3.93. The van der Waals surface area contributed by atoms with Crippen LogP contribution in [0, 0.1) is 0 Å². The first-order valence-corrected chi connectivity index (χ1v) is 7.78. The Bertz CT molecular complexity index is 1040. The summed E-state index contributed by atoms with van der Waals surface area (Å²) >= 11 is 0. The van der Waals surface area contributed by atoms with Crippen molar-refractivity contribution in [1.29, 1.82) is 0 Å². The minimum atomic E-state index is 0.335. The number of carbonyl (C=O) groups is 1. The maximum Gasteiger partial charge on any atom is 0.145 e. The molecule has 0 atom stereocenters. The van der Waals surface area contributed by atoms with Crippen molar-refractivity contribution in [2.24, 2.45) is 0 Å². The Labute approximate surface area is 139 Å². The van der Waals surface area contributed by atoms with Gasteiger partial charge in [0.05, 0.1) is 12.6 Å². The van der Waals surface area contributed by atoms with E-state index in [-0.39, 0.29) is 0 Å². The van der Waals surface area contributed by atoms with Gasteiger partial charge in [-0.25, -0.2) is 4.98 Å². The molecule has 24 heavy (non-hydrogen) atoms. The Morgan fingerprint density at radius 3 is 2.79 bits per heavy atom. The molecule has 118 valence electrons. The summed E-state index contributed by atoms with van der Waals surface area (Å²) in [4.78, 5) is 15.8. The molecule has 0 aliphatic heterocycles. The molecule has 0 bridgehead atoms. The lowest BCUT2D eigenvalue weighted by molar-refractivity contribution is -0.107. The van der Waals surface area contributed by atoms with Gasteiger partial charge in [-0.1, -0.05) is 24.3 Å². The molecule has 0 aliphatic carbocycles. The van der Waals surface area contributed by atoms with Gasteiger partial charge in [-0.15, -0.1) is 0 Å². The number of carbonyl (C=O) groups excluding carboxylic acids is 1. The summed E-state index contributed by atoms with van der Waals surface area (Å²) in [6.07, 6.45) is 3.06. The molecule has 4 heteroatoms. The SMILES string of the molecule is COc1ccc2c(c1)cc(CC=O)n2-c1nccc2ccccc12. The van der Waals surface area contributed by atoms with Crippen molar-refractivity contribution in [2.45, 2.75) is 6.42 Å². The molecule has 0 N–H and O–H groups in total. The maximum atomic E-state index is 11.2. The monoisotopic (exact) mass is 316 g/mol. The zero-order chi connectivity index (χ0) is 16.5. The van der Waals surface area contributed by atoms with E-state index in [1.54, 1.807) is 13.3 Å². The van der Waals surface area contributed by atoms with Gasteiger partial charge in [0.2, 0.25) is 0 Å². The molecule has 4 rings (SSSR count). The van der Waals surface area contributed by atoms with Crippen LogP contribution in [0.25, 0.3) is 27.5 Å². The van der Waals surface area contributed by atoms with Crippen LogP contribution in [0.1, 0.15) is 5.69 Å². The fraction of sp³-hybridized carbons (Fsp3) is 0.100. The molecule has 2 aromatic heterocycles. The topological polar surface area (TPSA) is 44.1 Å². The molecule has 2 heterocycles. The number of aromatic nitrogens is 2. The number of fused-ring (bicyclic) bond motifs is 2. The van der Waals surface area contributed by atoms with Crippen LogP contribution in [0.3, 0.4) is 0 Å². The zero-order valence-electron chi connectivity index (χ0n) is 13.3. The Kier molecular flexibility index (Phi) is 3.50. The number of nitrogens with zero attached hydrogens (tertiary/aromatic N) is 2. The number of methoxy groups -OCH3 is 1. The highest BCUT2D eigenvalue weighted by Crippen LogP contribution is 2.30. The Morgan fingerprint density at radius 2 is 1.96 bits per heavy atom. The number of aldehydes is 1. The van der Waals surface area contributed by atoms with E-state index in [0.29, 0.717) is 6.42 Å². The van der Waals surface area contributed by atoms with Crippen LogP contribution in [0.15, 0.2) is 60.8 Å². The van der Waals surface area contributed by atoms with Crippen LogP contribution in [-0.2, 0) is 11.2 Å². The summed E-state index contributed by atoms with van der Waals surface area (Å²) < 4.78 is 7.37. The van der Waals surface area contributed by atoms with Crippen molar-refractivity contribution in [3.63, 3.8) is 0 Å². The van der Waals surface area contributed by atoms with Crippen LogP contribution >= 0.6 is 0 Å². The van der Waals surface area contributed by atoms with Crippen molar-refractivity contribution in [3.05, 3.63) is 66.5 Å². The van der Waals surface area contributed by atoms with E-state index in [1.807, 2.05) is 42.5 Å². The normalized spacial score (nSPS) is 11.0. The van der Waals surface area contributed by atoms with Gasteiger partial charge in [0, 0.05) is 29.1 Å². The molecule has 4 aromatic rings. The van der Waals surface area contributed by atoms with Gasteiger partial charge in [0.1, 0.15) is 17.9 Å². The number of benzene rings is 2. The molecule has 0 amide bonds. The van der Waals surface area contributed by atoms with Crippen LogP contribution < -0.4 is 4.74 Å². The third-order valence-electron chi connectivity index (χ3n) is 4.24. The third kappa shape index (κ3) is 2.24. The summed E-state index contributed by atoms with van der Waals surface area (Å²) in [7, 11) is 1.65. The number of hydrogen-bond acceptors (Lipinski definition) is 3. The Morgan fingerprint density at radius 1 is 1.08 bits per heavy atom. The molecule has 0 saturated carbocycles. The maximum absolute atomic E-state index is 11.2. The van der Waals surface area contributed by atoms with Crippen LogP contribution in [0.4, 0.5) is 0 Å². The summed E-state index contributed by atoms with van der Waals surface area (Å²) in [5.41, 5.74) is 1.92. The first-order chi connectivity index (χ1) is 11.8. The van der Waals surface area contributed by atoms with E-state index in [1.165, 1.54) is 0 Å². The van der Waals surface area contributed by atoms with Crippen molar-refractivity contribution < 1.29 is 9.53 Å². The minimum absolute atomic E-state index is 0.335. The van der Waals surface area contributed by atoms with Crippen molar-refractivity contribution in [3.8, 4) is 11.6 Å². The second kappa shape index (κ2) is 5.81. The highest BCUT2D eigenvalue weighted by molar-refractivity contribution is 5.92. The van der Waals surface area contributed by atoms with Gasteiger partial charge in [-0.3, -0.25) is 4.57 Å². The standard InChI is InChI=1S/C20H16N2O2/c1-24-17-6-7-19-15(13-17)12-16(9-11-23)22(19)20-18-5-3-2-4-14(18)8-10-21-20/h2-8,10-13H,9H2,1H3. The van der Waals surface area contributed by atoms with Crippen molar-refractivity contribution in [1.82, 2.24) is 9.55 Å². The van der Waals surface area contributed by atoms with Gasteiger partial charge >= 0.3 is 0 Å². The number of hydrogen-bond donors (Lipinski definition) is 0. The van der Waals surface area contributed by atoms with E-state index < -0.39 is 0 Å². The molecule has 0 unspecified atom stereocenters. The zero-order valence-corrected chi connectivity index (χ0v) is 13.3. The van der Waals surface area contributed by atoms with E-state index in [9.17, 15) is 4.79 Å². The van der Waals surface area contributed by atoms with Gasteiger partial charge in [-0.2, -0.15) is 0 Å². The summed E-state index contributed by atoms with van der Waals surface area (Å²) in [6, 6.07) is 18.1. The lowest BCUT2D eigenvalue weighted by Gasteiger charge is -2.11. The molecular formula is C20H16N2O2. The minimum Gasteiger partial charge on any atom is -0.497 e. The number of pyridine rings is 1. The lowest BCUT2D eigenvalue weighted by atomic mass is 10.1. The van der Waals surface area contributed by atoms with E-state index in [0.717, 1.165) is 45.2 Å². The van der Waals surface area contributed by atoms with E-state index >= 15 is 0 Å². The second-order valence-electron chi connectivity index (χ2n) is 5.62. The molecule has 0 spiro atoms. The number of ether oxygens (including phenoxy) is 1. The first kappa shape index (κ1) is 14.5. The van der Waals surface area contributed by atoms with Gasteiger partial charge in [0.25, 0.3) is 0 Å². The molecule has 0 saturated heterocycles. The molecule has 2 aromatic carbocycles. The molecule has 4 nitrogen and oxygen atoms in total. The summed E-state index contributed by atoms with van der Waals surface area (Å²) in [5, 5.41) is 3.20. The van der Waals surface area contributed by atoms with E-state index in [4.69, 9.17) is 4.74 Å². The molecule has 0 fully saturated rings. The van der Waals surface area contributed by atoms with Crippen molar-refractivity contribution in [2.75, 3.05) is 7.11 Å². The Balaban J connectivity index is 2.07. The highest BCUT2D eigenvalue weighted by atomic mass is 16.5. The van der Waals surface area contributed by atoms with Crippen LogP contribution in [0.5, 0.6) is 5.75 Å². The third-order valence-corrected chi connectivity index (χ3v) is 4.24. The fourth-order valence-electron chi connectivity index (χ4n) is 3.15. The molecule has 0 radical (unpaired) electrons. The van der Waals surface area contributed by atoms with Gasteiger partial charge in [-0.05, 0) is 35.7 Å². The fourth-order valence-corrected chi connectivity index (χ4v) is 3.15. The van der Waals surface area contributed by atoms with E-state index in [2.05, 4.69) is 21.7 Å². The average molecular weight is 316 g/mol.